The van der Waals surface area contributed by atoms with Gasteiger partial charge in [0.2, 0.25) is 5.91 Å². The van der Waals surface area contributed by atoms with Crippen LogP contribution >= 0.6 is 0 Å². The summed E-state index contributed by atoms with van der Waals surface area (Å²) in [5.74, 6) is -0.385. The molecule has 0 saturated heterocycles. The van der Waals surface area contributed by atoms with Gasteiger partial charge in [0, 0.05) is 13.5 Å². The highest BCUT2D eigenvalue weighted by Crippen LogP contribution is 2.22. The quantitative estimate of drug-likeness (QED) is 0.521. The van der Waals surface area contributed by atoms with Crippen LogP contribution in [0.1, 0.15) is 78.1 Å². The lowest BCUT2D eigenvalue weighted by atomic mass is 9.91. The molecule has 1 unspecified atom stereocenters. The number of aliphatic carboxylic acids is 1. The zero-order valence-corrected chi connectivity index (χ0v) is 14.1. The number of rotatable bonds is 13. The highest BCUT2D eigenvalue weighted by molar-refractivity contribution is 5.80. The molecule has 0 aromatic heterocycles. The van der Waals surface area contributed by atoms with E-state index in [1.165, 1.54) is 56.3 Å². The predicted octanol–water partition coefficient (Wildman–Crippen LogP) is 4.09. The maximum absolute atomic E-state index is 11.9. The molecule has 0 aliphatic rings. The van der Waals surface area contributed by atoms with E-state index in [-0.39, 0.29) is 12.5 Å². The van der Waals surface area contributed by atoms with Gasteiger partial charge in [0.25, 0.3) is 0 Å². The van der Waals surface area contributed by atoms with Gasteiger partial charge in [-0.15, -0.1) is 0 Å². The molecular formula is C17H33NO3. The molecule has 1 atom stereocenters. The second kappa shape index (κ2) is 12.7. The standard InChI is InChI=1S/C17H33NO3/c1-4-6-8-9-11-15(10-7-5-2)12-13-16(19)18(3)14-17(20)21/h15H,4-14H2,1-3H3,(H,20,21). The lowest BCUT2D eigenvalue weighted by Gasteiger charge is -2.19. The number of carbonyl (C=O) groups is 2. The molecule has 0 aromatic rings. The van der Waals surface area contributed by atoms with E-state index >= 15 is 0 Å². The summed E-state index contributed by atoms with van der Waals surface area (Å²) in [6.07, 6.45) is 11.3. The zero-order valence-electron chi connectivity index (χ0n) is 14.1. The van der Waals surface area contributed by atoms with Gasteiger partial charge in [0.15, 0.2) is 0 Å². The minimum Gasteiger partial charge on any atom is -0.480 e. The number of carboxylic acids is 1. The number of amides is 1. The first-order chi connectivity index (χ1) is 10.0. The maximum atomic E-state index is 11.9. The fourth-order valence-corrected chi connectivity index (χ4v) is 2.60. The van der Waals surface area contributed by atoms with E-state index in [9.17, 15) is 9.59 Å². The van der Waals surface area contributed by atoms with Crippen molar-refractivity contribution in [2.45, 2.75) is 78.1 Å². The molecule has 4 nitrogen and oxygen atoms in total. The Hall–Kier alpha value is -1.06. The minimum atomic E-state index is -0.951. The third-order valence-corrected chi connectivity index (χ3v) is 4.00. The van der Waals surface area contributed by atoms with Crippen molar-refractivity contribution in [2.75, 3.05) is 13.6 Å². The number of hydrogen-bond donors (Lipinski definition) is 1. The molecule has 0 aliphatic carbocycles. The second-order valence-electron chi connectivity index (χ2n) is 6.04. The van der Waals surface area contributed by atoms with Gasteiger partial charge >= 0.3 is 5.97 Å². The molecule has 0 saturated carbocycles. The Kier molecular flexibility index (Phi) is 12.0. The van der Waals surface area contributed by atoms with E-state index in [4.69, 9.17) is 5.11 Å². The van der Waals surface area contributed by atoms with Crippen LogP contribution in [0, 0.1) is 5.92 Å². The first-order valence-electron chi connectivity index (χ1n) is 8.46. The van der Waals surface area contributed by atoms with Crippen LogP contribution in [0.25, 0.3) is 0 Å². The number of hydrogen-bond acceptors (Lipinski definition) is 2. The SMILES string of the molecule is CCCCCCC(CCCC)CCC(=O)N(C)CC(=O)O. The average Bonchev–Trinajstić information content (AvgIpc) is 2.44. The van der Waals surface area contributed by atoms with Gasteiger partial charge in [-0.1, -0.05) is 65.2 Å². The Balaban J connectivity index is 4.07. The molecule has 0 fully saturated rings. The monoisotopic (exact) mass is 299 g/mol. The second-order valence-corrected chi connectivity index (χ2v) is 6.04. The predicted molar refractivity (Wildman–Crippen MR) is 86.3 cm³/mol. The molecule has 0 aliphatic heterocycles. The summed E-state index contributed by atoms with van der Waals surface area (Å²) in [5, 5.41) is 8.70. The molecule has 0 rings (SSSR count). The van der Waals surface area contributed by atoms with Crippen molar-refractivity contribution in [3.05, 3.63) is 0 Å². The van der Waals surface area contributed by atoms with E-state index in [2.05, 4.69) is 13.8 Å². The van der Waals surface area contributed by atoms with Crippen LogP contribution in [0.15, 0.2) is 0 Å². The van der Waals surface area contributed by atoms with E-state index in [0.29, 0.717) is 12.3 Å². The van der Waals surface area contributed by atoms with Crippen LogP contribution in [0.2, 0.25) is 0 Å². The Labute approximate surface area is 129 Å². The van der Waals surface area contributed by atoms with Crippen molar-refractivity contribution in [3.8, 4) is 0 Å². The van der Waals surface area contributed by atoms with Crippen LogP contribution in [-0.2, 0) is 9.59 Å². The van der Waals surface area contributed by atoms with Crippen molar-refractivity contribution >= 4 is 11.9 Å². The van der Waals surface area contributed by atoms with Crippen LogP contribution in [0.5, 0.6) is 0 Å². The van der Waals surface area contributed by atoms with Gasteiger partial charge in [-0.3, -0.25) is 9.59 Å². The van der Waals surface area contributed by atoms with Gasteiger partial charge < -0.3 is 10.0 Å². The molecule has 0 aromatic carbocycles. The molecular weight excluding hydrogens is 266 g/mol. The summed E-state index contributed by atoms with van der Waals surface area (Å²) in [6.45, 7) is 4.21. The fourth-order valence-electron chi connectivity index (χ4n) is 2.60. The lowest BCUT2D eigenvalue weighted by Crippen LogP contribution is -2.32. The smallest absolute Gasteiger partial charge is 0.323 e. The summed E-state index contributed by atoms with van der Waals surface area (Å²) >= 11 is 0. The molecule has 0 bridgehead atoms. The van der Waals surface area contributed by atoms with Gasteiger partial charge in [-0.2, -0.15) is 0 Å². The number of likely N-dealkylation sites (N-methyl/N-ethyl adjacent to an activating group) is 1. The number of carboxylic acid groups (broad SMARTS) is 1. The first-order valence-corrected chi connectivity index (χ1v) is 8.46. The number of carbonyl (C=O) groups excluding carboxylic acids is 1. The molecule has 0 heterocycles. The Morgan fingerprint density at radius 2 is 1.57 bits per heavy atom. The normalized spacial score (nSPS) is 12.1. The van der Waals surface area contributed by atoms with Gasteiger partial charge in [-0.05, 0) is 12.3 Å². The van der Waals surface area contributed by atoms with Crippen LogP contribution in [0.3, 0.4) is 0 Å². The third kappa shape index (κ3) is 11.3. The van der Waals surface area contributed by atoms with E-state index in [1.807, 2.05) is 0 Å². The summed E-state index contributed by atoms with van der Waals surface area (Å²) in [7, 11) is 1.57. The van der Waals surface area contributed by atoms with E-state index in [1.54, 1.807) is 7.05 Å². The van der Waals surface area contributed by atoms with Crippen LogP contribution in [-0.4, -0.2) is 35.5 Å². The highest BCUT2D eigenvalue weighted by atomic mass is 16.4. The van der Waals surface area contributed by atoms with Gasteiger partial charge in [-0.25, -0.2) is 0 Å². The van der Waals surface area contributed by atoms with Gasteiger partial charge in [0.05, 0.1) is 0 Å². The molecule has 4 heteroatoms. The molecule has 1 N–H and O–H groups in total. The fraction of sp³-hybridized carbons (Fsp3) is 0.882. The molecule has 124 valence electrons. The van der Waals surface area contributed by atoms with Crippen molar-refractivity contribution < 1.29 is 14.7 Å². The summed E-state index contributed by atoms with van der Waals surface area (Å²) in [6, 6.07) is 0. The Morgan fingerprint density at radius 1 is 0.952 bits per heavy atom. The topological polar surface area (TPSA) is 57.6 Å². The van der Waals surface area contributed by atoms with E-state index in [0.717, 1.165) is 6.42 Å². The van der Waals surface area contributed by atoms with Gasteiger partial charge in [0.1, 0.15) is 6.54 Å². The van der Waals surface area contributed by atoms with Crippen molar-refractivity contribution in [1.82, 2.24) is 4.90 Å². The maximum Gasteiger partial charge on any atom is 0.323 e. The molecule has 0 radical (unpaired) electrons. The molecule has 0 spiro atoms. The average molecular weight is 299 g/mol. The van der Waals surface area contributed by atoms with Crippen LogP contribution < -0.4 is 0 Å². The number of unbranched alkanes of at least 4 members (excludes halogenated alkanes) is 4. The number of nitrogens with zero attached hydrogens (tertiary/aromatic N) is 1. The van der Waals surface area contributed by atoms with Crippen LogP contribution in [0.4, 0.5) is 0 Å². The zero-order chi connectivity index (χ0) is 16.1. The Morgan fingerprint density at radius 3 is 2.14 bits per heavy atom. The summed E-state index contributed by atoms with van der Waals surface area (Å²) in [5.41, 5.74) is 0. The van der Waals surface area contributed by atoms with Crippen molar-refractivity contribution in [3.63, 3.8) is 0 Å². The van der Waals surface area contributed by atoms with Crippen molar-refractivity contribution in [1.29, 1.82) is 0 Å². The highest BCUT2D eigenvalue weighted by Gasteiger charge is 2.15. The molecule has 21 heavy (non-hydrogen) atoms. The third-order valence-electron chi connectivity index (χ3n) is 4.00. The first kappa shape index (κ1) is 19.9. The molecule has 1 amide bonds. The largest absolute Gasteiger partial charge is 0.480 e. The van der Waals surface area contributed by atoms with Crippen molar-refractivity contribution in [2.24, 2.45) is 5.92 Å². The summed E-state index contributed by atoms with van der Waals surface area (Å²) < 4.78 is 0. The Bertz CT molecular complexity index is 292. The lowest BCUT2D eigenvalue weighted by molar-refractivity contribution is -0.143. The summed E-state index contributed by atoms with van der Waals surface area (Å²) in [4.78, 5) is 23.8. The minimum absolute atomic E-state index is 0.0487. The van der Waals surface area contributed by atoms with E-state index < -0.39 is 5.97 Å².